The Kier molecular flexibility index (Phi) is 5.13. The topological polar surface area (TPSA) is 15.3 Å². The third kappa shape index (κ3) is 3.85. The van der Waals surface area contributed by atoms with Gasteiger partial charge in [-0.05, 0) is 30.5 Å². The highest BCUT2D eigenvalue weighted by atomic mass is 35.5. The summed E-state index contributed by atoms with van der Waals surface area (Å²) in [6.07, 6.45) is 0. The minimum atomic E-state index is 0.529. The lowest BCUT2D eigenvalue weighted by molar-refractivity contribution is 0.0956. The van der Waals surface area contributed by atoms with Crippen LogP contribution in [0.2, 0.25) is 10.0 Å². The first kappa shape index (κ1) is 15.1. The van der Waals surface area contributed by atoms with Gasteiger partial charge in [0.2, 0.25) is 0 Å². The summed E-state index contributed by atoms with van der Waals surface area (Å²) in [4.78, 5) is 2.53. The van der Waals surface area contributed by atoms with Crippen molar-refractivity contribution in [3.8, 4) is 0 Å². The first-order valence-electron chi connectivity index (χ1n) is 6.88. The van der Waals surface area contributed by atoms with Gasteiger partial charge < -0.3 is 5.32 Å². The van der Waals surface area contributed by atoms with Gasteiger partial charge in [-0.25, -0.2) is 0 Å². The van der Waals surface area contributed by atoms with Crippen molar-refractivity contribution in [2.75, 3.05) is 13.1 Å². The quantitative estimate of drug-likeness (QED) is 0.913. The van der Waals surface area contributed by atoms with E-state index in [0.717, 1.165) is 30.2 Å². The van der Waals surface area contributed by atoms with Crippen LogP contribution in [0.4, 0.5) is 0 Å². The lowest BCUT2D eigenvalue weighted by Gasteiger charge is -2.41. The molecular formula is C15H22Cl2N2. The summed E-state index contributed by atoms with van der Waals surface area (Å²) in [6, 6.07) is 6.87. The molecule has 0 aromatic heterocycles. The molecule has 1 fully saturated rings. The average Bonchev–Trinajstić information content (AvgIpc) is 2.32. The highest BCUT2D eigenvalue weighted by Gasteiger charge is 2.28. The van der Waals surface area contributed by atoms with E-state index in [1.165, 1.54) is 0 Å². The molecule has 4 heteroatoms. The van der Waals surface area contributed by atoms with Gasteiger partial charge >= 0.3 is 0 Å². The van der Waals surface area contributed by atoms with E-state index in [-0.39, 0.29) is 0 Å². The summed E-state index contributed by atoms with van der Waals surface area (Å²) in [6.45, 7) is 9.78. The van der Waals surface area contributed by atoms with Gasteiger partial charge in [0.05, 0.1) is 0 Å². The summed E-state index contributed by atoms with van der Waals surface area (Å²) in [5, 5.41) is 5.02. The predicted octanol–water partition coefficient (Wildman–Crippen LogP) is 3.81. The minimum absolute atomic E-state index is 0.529. The van der Waals surface area contributed by atoms with Gasteiger partial charge in [-0.3, -0.25) is 4.90 Å². The van der Waals surface area contributed by atoms with Crippen molar-refractivity contribution in [3.05, 3.63) is 33.8 Å². The Labute approximate surface area is 126 Å². The standard InChI is InChI=1S/C15H22Cl2N2/c1-10(2)15-7-18-11(3)8-19(15)9-12-4-5-13(16)6-14(12)17/h4-6,10-11,15,18H,7-9H2,1-3H3. The normalized spacial score (nSPS) is 24.9. The first-order chi connectivity index (χ1) is 8.97. The van der Waals surface area contributed by atoms with Crippen LogP contribution in [0.3, 0.4) is 0 Å². The maximum Gasteiger partial charge on any atom is 0.0465 e. The molecule has 0 saturated carbocycles. The number of rotatable bonds is 3. The van der Waals surface area contributed by atoms with Crippen LogP contribution in [0, 0.1) is 5.92 Å². The Balaban J connectivity index is 2.14. The largest absolute Gasteiger partial charge is 0.311 e. The molecule has 19 heavy (non-hydrogen) atoms. The maximum absolute atomic E-state index is 6.29. The molecule has 1 saturated heterocycles. The molecule has 1 N–H and O–H groups in total. The van der Waals surface area contributed by atoms with E-state index in [9.17, 15) is 0 Å². The molecule has 2 nitrogen and oxygen atoms in total. The molecule has 2 atom stereocenters. The highest BCUT2D eigenvalue weighted by molar-refractivity contribution is 6.35. The summed E-state index contributed by atoms with van der Waals surface area (Å²) in [5.41, 5.74) is 1.16. The van der Waals surface area contributed by atoms with Crippen LogP contribution in [0.15, 0.2) is 18.2 Å². The molecule has 0 radical (unpaired) electrons. The van der Waals surface area contributed by atoms with Gasteiger partial charge in [0.25, 0.3) is 0 Å². The molecule has 0 bridgehead atoms. The van der Waals surface area contributed by atoms with Crippen molar-refractivity contribution in [1.29, 1.82) is 0 Å². The number of hydrogen-bond donors (Lipinski definition) is 1. The first-order valence-corrected chi connectivity index (χ1v) is 7.64. The molecule has 0 aliphatic carbocycles. The lowest BCUT2D eigenvalue weighted by Crippen LogP contribution is -2.56. The second-order valence-corrected chi connectivity index (χ2v) is 6.63. The van der Waals surface area contributed by atoms with Crippen molar-refractivity contribution in [1.82, 2.24) is 10.2 Å². The van der Waals surface area contributed by atoms with E-state index >= 15 is 0 Å². The molecule has 2 rings (SSSR count). The van der Waals surface area contributed by atoms with Crippen LogP contribution >= 0.6 is 23.2 Å². The third-order valence-corrected chi connectivity index (χ3v) is 4.40. The fourth-order valence-electron chi connectivity index (χ4n) is 2.71. The maximum atomic E-state index is 6.29. The Morgan fingerprint density at radius 1 is 1.37 bits per heavy atom. The Morgan fingerprint density at radius 2 is 2.11 bits per heavy atom. The Bertz CT molecular complexity index is 434. The lowest BCUT2D eigenvalue weighted by atomic mass is 9.98. The van der Waals surface area contributed by atoms with Crippen molar-refractivity contribution in [2.45, 2.75) is 39.4 Å². The van der Waals surface area contributed by atoms with Gasteiger partial charge in [-0.2, -0.15) is 0 Å². The van der Waals surface area contributed by atoms with E-state index in [2.05, 4.69) is 31.0 Å². The summed E-state index contributed by atoms with van der Waals surface area (Å²) >= 11 is 12.2. The van der Waals surface area contributed by atoms with Crippen LogP contribution < -0.4 is 5.32 Å². The molecular weight excluding hydrogens is 279 g/mol. The fourth-order valence-corrected chi connectivity index (χ4v) is 3.18. The number of benzene rings is 1. The molecule has 106 valence electrons. The number of halogens is 2. The van der Waals surface area contributed by atoms with Gasteiger partial charge in [0, 0.05) is 41.8 Å². The van der Waals surface area contributed by atoms with E-state index in [1.807, 2.05) is 18.2 Å². The molecule has 1 heterocycles. The van der Waals surface area contributed by atoms with Gasteiger partial charge in [-0.1, -0.05) is 43.1 Å². The second-order valence-electron chi connectivity index (χ2n) is 5.79. The van der Waals surface area contributed by atoms with Crippen molar-refractivity contribution in [2.24, 2.45) is 5.92 Å². The number of nitrogens with one attached hydrogen (secondary N) is 1. The molecule has 0 amide bonds. The summed E-state index contributed by atoms with van der Waals surface area (Å²) in [7, 11) is 0. The molecule has 1 aromatic rings. The zero-order chi connectivity index (χ0) is 14.0. The number of hydrogen-bond acceptors (Lipinski definition) is 2. The monoisotopic (exact) mass is 300 g/mol. The van der Waals surface area contributed by atoms with Crippen molar-refractivity contribution < 1.29 is 0 Å². The smallest absolute Gasteiger partial charge is 0.0465 e. The molecule has 1 aliphatic heterocycles. The molecule has 1 aliphatic rings. The van der Waals surface area contributed by atoms with Gasteiger partial charge in [0.1, 0.15) is 0 Å². The predicted molar refractivity (Wildman–Crippen MR) is 83.0 cm³/mol. The molecule has 2 unspecified atom stereocenters. The van der Waals surface area contributed by atoms with E-state index < -0.39 is 0 Å². The van der Waals surface area contributed by atoms with E-state index in [4.69, 9.17) is 23.2 Å². The average molecular weight is 301 g/mol. The number of nitrogens with zero attached hydrogens (tertiary/aromatic N) is 1. The Morgan fingerprint density at radius 3 is 2.74 bits per heavy atom. The summed E-state index contributed by atoms with van der Waals surface area (Å²) in [5.74, 6) is 0.631. The minimum Gasteiger partial charge on any atom is -0.311 e. The SMILES string of the molecule is CC1CN(Cc2ccc(Cl)cc2Cl)C(C(C)C)CN1. The van der Waals surface area contributed by atoms with Gasteiger partial charge in [-0.15, -0.1) is 0 Å². The van der Waals surface area contributed by atoms with Crippen LogP contribution in [0.25, 0.3) is 0 Å². The van der Waals surface area contributed by atoms with Crippen molar-refractivity contribution in [3.63, 3.8) is 0 Å². The van der Waals surface area contributed by atoms with Crippen LogP contribution in [-0.2, 0) is 6.54 Å². The van der Waals surface area contributed by atoms with Crippen LogP contribution in [-0.4, -0.2) is 30.1 Å². The van der Waals surface area contributed by atoms with Crippen LogP contribution in [0.1, 0.15) is 26.3 Å². The van der Waals surface area contributed by atoms with Crippen molar-refractivity contribution >= 4 is 23.2 Å². The molecule has 0 spiro atoms. The second kappa shape index (κ2) is 6.45. The zero-order valence-electron chi connectivity index (χ0n) is 11.8. The highest BCUT2D eigenvalue weighted by Crippen LogP contribution is 2.25. The zero-order valence-corrected chi connectivity index (χ0v) is 13.3. The van der Waals surface area contributed by atoms with E-state index in [0.29, 0.717) is 23.0 Å². The Hall–Kier alpha value is -0.280. The molecule has 1 aromatic carbocycles. The third-order valence-electron chi connectivity index (χ3n) is 3.81. The van der Waals surface area contributed by atoms with Gasteiger partial charge in [0.15, 0.2) is 0 Å². The van der Waals surface area contributed by atoms with E-state index in [1.54, 1.807) is 0 Å². The number of piperazine rings is 1. The fraction of sp³-hybridized carbons (Fsp3) is 0.600. The summed E-state index contributed by atoms with van der Waals surface area (Å²) < 4.78 is 0. The van der Waals surface area contributed by atoms with Crippen LogP contribution in [0.5, 0.6) is 0 Å².